The van der Waals surface area contributed by atoms with Gasteiger partial charge in [-0.1, -0.05) is 51.1 Å². The number of β-amino-alcohol motifs (C(OH)–C–C–N with tert-alkyl or cyclic N) is 1. The highest BCUT2D eigenvalue weighted by Crippen LogP contribution is 2.33. The molecule has 0 radical (unpaired) electrons. The van der Waals surface area contributed by atoms with Gasteiger partial charge in [0.05, 0.1) is 58.5 Å². The molecule has 17 heteroatoms. The number of hydrogen-bond acceptors (Lipinski definition) is 13. The molecule has 5 atom stereocenters. The van der Waals surface area contributed by atoms with E-state index in [4.69, 9.17) is 20.6 Å². The number of benzene rings is 2. The number of nitrogens with two attached hydrogens (primary N) is 1. The van der Waals surface area contributed by atoms with Crippen LogP contribution in [0.1, 0.15) is 86.9 Å². The van der Waals surface area contributed by atoms with E-state index >= 15 is 0 Å². The number of aryl methyl sites for hydroxylation is 1. The van der Waals surface area contributed by atoms with Crippen LogP contribution in [0.5, 0.6) is 5.75 Å². The Morgan fingerprint density at radius 3 is 2.48 bits per heavy atom. The summed E-state index contributed by atoms with van der Waals surface area (Å²) in [5.74, 6) is -1.24. The van der Waals surface area contributed by atoms with Crippen LogP contribution < -0.4 is 31.3 Å². The maximum Gasteiger partial charge on any atom is 0.274 e. The van der Waals surface area contributed by atoms with Crippen LogP contribution in [0.2, 0.25) is 0 Å². The Hall–Kier alpha value is -6.17. The number of hydrogen-bond donors (Lipinski definition) is 6. The highest BCUT2D eigenvalue weighted by molar-refractivity contribution is 7.13. The van der Waals surface area contributed by atoms with Crippen molar-refractivity contribution in [1.29, 1.82) is 5.41 Å². The lowest BCUT2D eigenvalue weighted by Crippen LogP contribution is -2.58. The van der Waals surface area contributed by atoms with Crippen molar-refractivity contribution in [2.45, 2.75) is 90.6 Å². The Bertz CT molecular complexity index is 2340. The third-order valence-electron chi connectivity index (χ3n) is 11.5. The quantitative estimate of drug-likeness (QED) is 0.0821. The maximum absolute atomic E-state index is 14.2. The zero-order valence-electron chi connectivity index (χ0n) is 37.2. The summed E-state index contributed by atoms with van der Waals surface area (Å²) in [6.07, 6.45) is 3.60. The number of aliphatic hydroxyl groups is 1. The molecule has 0 bridgehead atoms. The number of carbonyl (C=O) groups is 4. The van der Waals surface area contributed by atoms with E-state index in [1.807, 2.05) is 76.5 Å². The summed E-state index contributed by atoms with van der Waals surface area (Å²) in [5.41, 5.74) is 12.1. The van der Waals surface area contributed by atoms with Gasteiger partial charge in [0.15, 0.2) is 0 Å². The number of nitrogens with one attached hydrogen (secondary N) is 4. The molecule has 7 N–H and O–H groups in total. The molecule has 2 fully saturated rings. The number of aliphatic hydroxyl groups excluding tert-OH is 1. The van der Waals surface area contributed by atoms with Gasteiger partial charge in [-0.2, -0.15) is 0 Å². The predicted molar refractivity (Wildman–Crippen MR) is 248 cm³/mol. The molecule has 0 unspecified atom stereocenters. The minimum Gasteiger partial charge on any atom is -0.494 e. The van der Waals surface area contributed by atoms with Crippen LogP contribution in [0.25, 0.3) is 16.1 Å². The molecule has 0 saturated carbocycles. The molecule has 0 aliphatic carbocycles. The van der Waals surface area contributed by atoms with E-state index in [0.717, 1.165) is 53.0 Å². The first-order valence-electron chi connectivity index (χ1n) is 21.4. The second-order valence-corrected chi connectivity index (χ2v) is 18.1. The number of carbonyl (C=O) groups excluding carboxylic acids is 4. The lowest BCUT2D eigenvalue weighted by molar-refractivity contribution is -0.145. The summed E-state index contributed by atoms with van der Waals surface area (Å²) in [4.78, 5) is 67.8. The second kappa shape index (κ2) is 21.0. The predicted octanol–water partition coefficient (Wildman–Crippen LogP) is 5.47. The molecule has 2 aliphatic heterocycles. The van der Waals surface area contributed by atoms with Gasteiger partial charge in [0.2, 0.25) is 17.7 Å². The number of pyridine rings is 1. The molecule has 2 aromatic carbocycles. The summed E-state index contributed by atoms with van der Waals surface area (Å²) >= 11 is 1.57. The van der Waals surface area contributed by atoms with E-state index < -0.39 is 41.3 Å². The number of likely N-dealkylation sites (tertiary alicyclic amines) is 1. The number of methoxy groups -OCH3 is 1. The molecular formula is C47H59N9O7S. The standard InChI is InChI=1S/C47H59N9O7S/c1-28(30-12-14-31(15-13-30)42-29(2)50-27-64-42)51-45(60)39-24-33(57)25-56(39)46(61)43(47(3,4)5)54-41(58)26-63-34-9-8-21-55(22-19-34)32-16-17-37(40(23-32)62-6)53-44(59)38-11-7-10-36(52-38)35(49)18-20-48/h7,10-18,20,23,27-28,33-34,39,43,48,57H,8-9,19,21-22,24-26,49H2,1-6H3,(H,51,60)(H,53,59)(H,54,58)/b35-18-,48-20?/t28-,33+,34+,39-,43+/m0/s1. The molecule has 64 heavy (non-hydrogen) atoms. The number of nitrogens with zero attached hydrogens (tertiary/aromatic N) is 4. The van der Waals surface area contributed by atoms with Crippen molar-refractivity contribution in [3.8, 4) is 16.2 Å². The summed E-state index contributed by atoms with van der Waals surface area (Å²) in [6.45, 7) is 10.5. The van der Waals surface area contributed by atoms with E-state index in [-0.39, 0.29) is 49.0 Å². The van der Waals surface area contributed by atoms with Crippen molar-refractivity contribution in [2.75, 3.05) is 43.6 Å². The Kier molecular flexibility index (Phi) is 15.5. The molecule has 4 heterocycles. The first-order valence-corrected chi connectivity index (χ1v) is 22.3. The van der Waals surface area contributed by atoms with Crippen LogP contribution in [-0.2, 0) is 19.1 Å². The van der Waals surface area contributed by atoms with E-state index in [1.165, 1.54) is 18.1 Å². The molecule has 4 amide bonds. The van der Waals surface area contributed by atoms with Gasteiger partial charge in [-0.05, 0) is 80.0 Å². The number of allylic oxidation sites excluding steroid dienone is 1. The molecule has 2 aliphatic rings. The number of aromatic nitrogens is 2. The van der Waals surface area contributed by atoms with Gasteiger partial charge in [0.1, 0.15) is 30.1 Å². The lowest BCUT2D eigenvalue weighted by atomic mass is 9.85. The molecular weight excluding hydrogens is 835 g/mol. The summed E-state index contributed by atoms with van der Waals surface area (Å²) in [5, 5.41) is 26.7. The fraction of sp³-hybridized carbons (Fsp3) is 0.426. The lowest BCUT2D eigenvalue weighted by Gasteiger charge is -2.35. The normalized spacial score (nSPS) is 19.0. The van der Waals surface area contributed by atoms with E-state index in [2.05, 4.69) is 30.8 Å². The fourth-order valence-corrected chi connectivity index (χ4v) is 8.78. The third-order valence-corrected chi connectivity index (χ3v) is 12.5. The molecule has 0 spiro atoms. The molecule has 2 saturated heterocycles. The van der Waals surface area contributed by atoms with Crippen molar-refractivity contribution < 1.29 is 33.8 Å². The smallest absolute Gasteiger partial charge is 0.274 e. The van der Waals surface area contributed by atoms with Crippen LogP contribution in [0.4, 0.5) is 11.4 Å². The molecule has 4 aromatic rings. The maximum atomic E-state index is 14.2. The van der Waals surface area contributed by atoms with Crippen LogP contribution >= 0.6 is 11.3 Å². The Labute approximate surface area is 378 Å². The number of thiazole rings is 1. The van der Waals surface area contributed by atoms with Gasteiger partial charge in [-0.25, -0.2) is 9.97 Å². The van der Waals surface area contributed by atoms with Crippen molar-refractivity contribution in [3.63, 3.8) is 0 Å². The zero-order chi connectivity index (χ0) is 46.1. The van der Waals surface area contributed by atoms with Gasteiger partial charge in [0, 0.05) is 44.0 Å². The van der Waals surface area contributed by atoms with Crippen LogP contribution in [-0.4, -0.2) is 107 Å². The first kappa shape index (κ1) is 47.3. The van der Waals surface area contributed by atoms with E-state index in [9.17, 15) is 24.3 Å². The monoisotopic (exact) mass is 893 g/mol. The SMILES string of the molecule is COc1cc(N2CCC[C@@H](OCC(=O)N[C@H](C(=O)N3C[C@H](O)C[C@H]3C(=O)N[C@@H](C)c3ccc(-c4scnc4C)cc3)C(C)(C)C)CC2)ccc1NC(=O)c1cccc(/C(N)=C/C=N)n1. The summed E-state index contributed by atoms with van der Waals surface area (Å²) in [7, 11) is 1.53. The van der Waals surface area contributed by atoms with Gasteiger partial charge in [-0.15, -0.1) is 11.3 Å². The van der Waals surface area contributed by atoms with Crippen LogP contribution in [0, 0.1) is 17.7 Å². The molecule has 2 aromatic heterocycles. The van der Waals surface area contributed by atoms with Crippen LogP contribution in [0.15, 0.2) is 72.3 Å². The topological polar surface area (TPSA) is 225 Å². The van der Waals surface area contributed by atoms with E-state index in [0.29, 0.717) is 30.1 Å². The van der Waals surface area contributed by atoms with E-state index in [1.54, 1.807) is 35.6 Å². The molecule has 16 nitrogen and oxygen atoms in total. The van der Waals surface area contributed by atoms with Gasteiger partial charge in [0.25, 0.3) is 5.91 Å². The highest BCUT2D eigenvalue weighted by Gasteiger charge is 2.44. The average Bonchev–Trinajstić information content (AvgIpc) is 3.81. The van der Waals surface area contributed by atoms with Crippen molar-refractivity contribution >= 4 is 58.3 Å². The van der Waals surface area contributed by atoms with Crippen LogP contribution in [0.3, 0.4) is 0 Å². The van der Waals surface area contributed by atoms with Crippen molar-refractivity contribution in [1.82, 2.24) is 25.5 Å². The largest absolute Gasteiger partial charge is 0.494 e. The third kappa shape index (κ3) is 11.7. The van der Waals surface area contributed by atoms with Gasteiger partial charge in [-0.3, -0.25) is 19.2 Å². The number of amides is 4. The van der Waals surface area contributed by atoms with Gasteiger partial charge >= 0.3 is 0 Å². The second-order valence-electron chi connectivity index (χ2n) is 17.3. The minimum absolute atomic E-state index is 0.0255. The molecule has 340 valence electrons. The fourth-order valence-electron chi connectivity index (χ4n) is 7.97. The number of rotatable bonds is 15. The zero-order valence-corrected chi connectivity index (χ0v) is 38.0. The Morgan fingerprint density at radius 1 is 1.05 bits per heavy atom. The van der Waals surface area contributed by atoms with Crippen molar-refractivity contribution in [2.24, 2.45) is 11.1 Å². The molecule has 6 rings (SSSR count). The highest BCUT2D eigenvalue weighted by atomic mass is 32.1. The average molecular weight is 894 g/mol. The Balaban J connectivity index is 1.01. The summed E-state index contributed by atoms with van der Waals surface area (Å²) in [6, 6.07) is 16.1. The number of ether oxygens (including phenoxy) is 2. The first-order chi connectivity index (χ1) is 30.6. The summed E-state index contributed by atoms with van der Waals surface area (Å²) < 4.78 is 11.8. The minimum atomic E-state index is -0.980. The van der Waals surface area contributed by atoms with Crippen molar-refractivity contribution in [3.05, 3.63) is 94.9 Å². The van der Waals surface area contributed by atoms with Gasteiger partial charge < -0.3 is 51.5 Å². The Morgan fingerprint density at radius 2 is 1.80 bits per heavy atom. The number of anilines is 2.